The van der Waals surface area contributed by atoms with Crippen LogP contribution in [0.2, 0.25) is 0 Å². The molecular formula is C7H13NO3. The summed E-state index contributed by atoms with van der Waals surface area (Å²) < 4.78 is 0. The molecule has 0 radical (unpaired) electrons. The molecule has 0 bridgehead atoms. The van der Waals surface area contributed by atoms with Gasteiger partial charge >= 0.3 is 0 Å². The fourth-order valence-corrected chi connectivity index (χ4v) is 0.720. The largest absolute Gasteiger partial charge is 0.391 e. The van der Waals surface area contributed by atoms with Crippen molar-refractivity contribution >= 4 is 12.2 Å². The Hall–Kier alpha value is -0.900. The first-order valence-electron chi connectivity index (χ1n) is 3.46. The number of hydrogen-bond acceptors (Lipinski definition) is 3. The van der Waals surface area contributed by atoms with Gasteiger partial charge in [0.05, 0.1) is 12.1 Å². The summed E-state index contributed by atoms with van der Waals surface area (Å²) >= 11 is 0. The van der Waals surface area contributed by atoms with E-state index in [1.54, 1.807) is 6.92 Å². The van der Waals surface area contributed by atoms with Crippen molar-refractivity contribution in [2.45, 2.75) is 32.4 Å². The third kappa shape index (κ3) is 4.50. The lowest BCUT2D eigenvalue weighted by molar-refractivity contribution is -0.121. The number of rotatable bonds is 4. The lowest BCUT2D eigenvalue weighted by atomic mass is 10.1. The Labute approximate surface area is 65.6 Å². The first kappa shape index (κ1) is 10.1. The number of carbonyl (C=O) groups is 2. The normalized spacial score (nSPS) is 15.2. The van der Waals surface area contributed by atoms with Gasteiger partial charge in [0.1, 0.15) is 6.29 Å². The van der Waals surface area contributed by atoms with Gasteiger partial charge in [-0.15, -0.1) is 0 Å². The fraction of sp³-hybridized carbons (Fsp3) is 0.714. The van der Waals surface area contributed by atoms with Crippen molar-refractivity contribution in [1.29, 1.82) is 0 Å². The van der Waals surface area contributed by atoms with Crippen LogP contribution >= 0.6 is 0 Å². The van der Waals surface area contributed by atoms with Gasteiger partial charge in [-0.3, -0.25) is 4.79 Å². The lowest BCUT2D eigenvalue weighted by Crippen LogP contribution is -2.40. The molecule has 0 aromatic carbocycles. The zero-order valence-electron chi connectivity index (χ0n) is 6.70. The molecule has 0 spiro atoms. The summed E-state index contributed by atoms with van der Waals surface area (Å²) in [5, 5.41) is 11.6. The lowest BCUT2D eigenvalue weighted by Gasteiger charge is -2.16. The Morgan fingerprint density at radius 1 is 1.73 bits per heavy atom. The minimum atomic E-state index is -0.781. The number of hydrogen-bond donors (Lipinski definition) is 2. The number of carbonyl (C=O) groups excluding carboxylic acids is 2. The van der Waals surface area contributed by atoms with Gasteiger partial charge in [0, 0.05) is 13.3 Å². The minimum absolute atomic E-state index is 0.0570. The van der Waals surface area contributed by atoms with E-state index in [9.17, 15) is 9.59 Å². The quantitative estimate of drug-likeness (QED) is 0.541. The predicted molar refractivity (Wildman–Crippen MR) is 40.0 cm³/mol. The van der Waals surface area contributed by atoms with Gasteiger partial charge in [-0.25, -0.2) is 0 Å². The van der Waals surface area contributed by atoms with E-state index >= 15 is 0 Å². The predicted octanol–water partition coefficient (Wildman–Crippen LogP) is -0.539. The molecular weight excluding hydrogens is 146 g/mol. The van der Waals surface area contributed by atoms with Crippen molar-refractivity contribution in [3.8, 4) is 0 Å². The summed E-state index contributed by atoms with van der Waals surface area (Å²) in [4.78, 5) is 20.4. The molecule has 0 saturated heterocycles. The maximum Gasteiger partial charge on any atom is 0.217 e. The second kappa shape index (κ2) is 4.85. The van der Waals surface area contributed by atoms with Crippen LogP contribution < -0.4 is 5.32 Å². The average Bonchev–Trinajstić information content (AvgIpc) is 1.86. The van der Waals surface area contributed by atoms with E-state index in [1.807, 2.05) is 0 Å². The highest BCUT2D eigenvalue weighted by molar-refractivity contribution is 5.73. The van der Waals surface area contributed by atoms with Crippen LogP contribution in [0.5, 0.6) is 0 Å². The zero-order chi connectivity index (χ0) is 8.85. The maximum absolute atomic E-state index is 10.5. The molecule has 0 fully saturated rings. The minimum Gasteiger partial charge on any atom is -0.391 e. The molecule has 1 amide bonds. The second-order valence-electron chi connectivity index (χ2n) is 2.46. The van der Waals surface area contributed by atoms with Crippen LogP contribution in [0, 0.1) is 0 Å². The molecule has 4 heteroatoms. The zero-order valence-corrected chi connectivity index (χ0v) is 6.70. The van der Waals surface area contributed by atoms with Gasteiger partial charge in [0.15, 0.2) is 0 Å². The Morgan fingerprint density at radius 3 is 2.64 bits per heavy atom. The highest BCUT2D eigenvalue weighted by atomic mass is 16.3. The van der Waals surface area contributed by atoms with Crippen LogP contribution in [-0.4, -0.2) is 29.4 Å². The SMILES string of the molecule is CC(=O)NC(C)C(O)CC=O. The first-order valence-corrected chi connectivity index (χ1v) is 3.46. The number of nitrogens with one attached hydrogen (secondary N) is 1. The highest BCUT2D eigenvalue weighted by Crippen LogP contribution is 1.95. The molecule has 2 N–H and O–H groups in total. The van der Waals surface area contributed by atoms with Gasteiger partial charge in [0.2, 0.25) is 5.91 Å². The van der Waals surface area contributed by atoms with Crippen LogP contribution in [0.4, 0.5) is 0 Å². The van der Waals surface area contributed by atoms with Crippen LogP contribution in [0.15, 0.2) is 0 Å². The van der Waals surface area contributed by atoms with Crippen molar-refractivity contribution in [1.82, 2.24) is 5.32 Å². The van der Waals surface area contributed by atoms with Crippen LogP contribution in [-0.2, 0) is 9.59 Å². The van der Waals surface area contributed by atoms with E-state index in [1.165, 1.54) is 6.92 Å². The molecule has 0 aliphatic rings. The molecule has 2 unspecified atom stereocenters. The van der Waals surface area contributed by atoms with Gasteiger partial charge in [-0.05, 0) is 6.92 Å². The second-order valence-corrected chi connectivity index (χ2v) is 2.46. The molecule has 0 aliphatic heterocycles. The van der Waals surface area contributed by atoms with Crippen molar-refractivity contribution in [3.63, 3.8) is 0 Å². The monoisotopic (exact) mass is 159 g/mol. The van der Waals surface area contributed by atoms with E-state index in [2.05, 4.69) is 5.32 Å². The van der Waals surface area contributed by atoms with E-state index < -0.39 is 6.10 Å². The summed E-state index contributed by atoms with van der Waals surface area (Å²) in [6.07, 6.45) is -0.0962. The number of aliphatic hydroxyl groups is 1. The molecule has 0 aromatic heterocycles. The molecule has 11 heavy (non-hydrogen) atoms. The smallest absolute Gasteiger partial charge is 0.217 e. The molecule has 0 heterocycles. The Kier molecular flexibility index (Phi) is 4.45. The van der Waals surface area contributed by atoms with Crippen molar-refractivity contribution in [3.05, 3.63) is 0 Å². The Morgan fingerprint density at radius 2 is 2.27 bits per heavy atom. The van der Waals surface area contributed by atoms with E-state index in [-0.39, 0.29) is 18.4 Å². The summed E-state index contributed by atoms with van der Waals surface area (Å²) in [7, 11) is 0. The summed E-state index contributed by atoms with van der Waals surface area (Å²) in [5.41, 5.74) is 0. The average molecular weight is 159 g/mol. The molecule has 0 aliphatic carbocycles. The summed E-state index contributed by atoms with van der Waals surface area (Å²) in [6, 6.07) is -0.363. The van der Waals surface area contributed by atoms with Crippen molar-refractivity contribution < 1.29 is 14.7 Å². The first-order chi connectivity index (χ1) is 5.07. The van der Waals surface area contributed by atoms with Gasteiger partial charge in [-0.1, -0.05) is 0 Å². The fourth-order valence-electron chi connectivity index (χ4n) is 0.720. The number of aldehydes is 1. The molecule has 2 atom stereocenters. The van der Waals surface area contributed by atoms with Gasteiger partial charge < -0.3 is 15.2 Å². The third-order valence-corrected chi connectivity index (χ3v) is 1.35. The highest BCUT2D eigenvalue weighted by Gasteiger charge is 2.13. The van der Waals surface area contributed by atoms with E-state index in [4.69, 9.17) is 5.11 Å². The topological polar surface area (TPSA) is 66.4 Å². The molecule has 0 rings (SSSR count). The molecule has 64 valence electrons. The summed E-state index contributed by atoms with van der Waals surface area (Å²) in [6.45, 7) is 3.01. The molecule has 0 saturated carbocycles. The molecule has 4 nitrogen and oxygen atoms in total. The third-order valence-electron chi connectivity index (χ3n) is 1.35. The summed E-state index contributed by atoms with van der Waals surface area (Å²) in [5.74, 6) is -0.206. The van der Waals surface area contributed by atoms with Crippen LogP contribution in [0.25, 0.3) is 0 Å². The standard InChI is InChI=1S/C7H13NO3/c1-5(8-6(2)10)7(11)3-4-9/h4-5,7,11H,3H2,1-2H3,(H,8,10). The Bertz CT molecular complexity index is 147. The van der Waals surface area contributed by atoms with E-state index in [0.29, 0.717) is 6.29 Å². The van der Waals surface area contributed by atoms with E-state index in [0.717, 1.165) is 0 Å². The van der Waals surface area contributed by atoms with Crippen molar-refractivity contribution in [2.75, 3.05) is 0 Å². The molecule has 0 aromatic rings. The van der Waals surface area contributed by atoms with Gasteiger partial charge in [-0.2, -0.15) is 0 Å². The van der Waals surface area contributed by atoms with Gasteiger partial charge in [0.25, 0.3) is 0 Å². The van der Waals surface area contributed by atoms with Crippen molar-refractivity contribution in [2.24, 2.45) is 0 Å². The Balaban J connectivity index is 3.71. The number of aliphatic hydroxyl groups excluding tert-OH is 1. The number of amides is 1. The maximum atomic E-state index is 10.5. The van der Waals surface area contributed by atoms with Crippen LogP contribution in [0.3, 0.4) is 0 Å². The van der Waals surface area contributed by atoms with Crippen LogP contribution in [0.1, 0.15) is 20.3 Å².